The zero-order chi connectivity index (χ0) is 14.8. The van der Waals surface area contributed by atoms with Gasteiger partial charge >= 0.3 is 0 Å². The second-order valence-corrected chi connectivity index (χ2v) is 6.88. The van der Waals surface area contributed by atoms with Crippen molar-refractivity contribution in [1.29, 1.82) is 0 Å². The number of piperazine rings is 1. The number of carbonyl (C=O) groups is 2. The van der Waals surface area contributed by atoms with Crippen LogP contribution in [0.15, 0.2) is 0 Å². The molecule has 0 radical (unpaired) electrons. The van der Waals surface area contributed by atoms with Gasteiger partial charge in [-0.1, -0.05) is 39.5 Å². The van der Waals surface area contributed by atoms with E-state index < -0.39 is 5.54 Å². The third-order valence-corrected chi connectivity index (χ3v) is 5.16. The first kappa shape index (κ1) is 15.3. The normalized spacial score (nSPS) is 35.0. The van der Waals surface area contributed by atoms with Crippen molar-refractivity contribution < 1.29 is 9.59 Å². The van der Waals surface area contributed by atoms with Crippen LogP contribution in [-0.4, -0.2) is 35.3 Å². The highest BCUT2D eigenvalue weighted by molar-refractivity contribution is 5.97. The molecule has 1 aliphatic carbocycles. The molecular formula is C16H28N2O2. The summed E-state index contributed by atoms with van der Waals surface area (Å²) in [6.45, 7) is 7.08. The fraction of sp³-hybridized carbons (Fsp3) is 0.875. The average Bonchev–Trinajstić information content (AvgIpc) is 2.43. The van der Waals surface area contributed by atoms with Crippen molar-refractivity contribution in [3.63, 3.8) is 0 Å². The van der Waals surface area contributed by atoms with Gasteiger partial charge in [-0.15, -0.1) is 0 Å². The lowest BCUT2D eigenvalue weighted by atomic mass is 9.81. The zero-order valence-electron chi connectivity index (χ0n) is 13.1. The van der Waals surface area contributed by atoms with Gasteiger partial charge in [0.15, 0.2) is 0 Å². The maximum absolute atomic E-state index is 12.5. The smallest absolute Gasteiger partial charge is 0.248 e. The molecule has 0 spiro atoms. The van der Waals surface area contributed by atoms with Crippen LogP contribution in [0.5, 0.6) is 0 Å². The molecule has 4 heteroatoms. The first-order valence-electron chi connectivity index (χ1n) is 8.05. The van der Waals surface area contributed by atoms with Crippen molar-refractivity contribution in [2.75, 3.05) is 13.1 Å². The largest absolute Gasteiger partial charge is 0.340 e. The molecule has 0 bridgehead atoms. The maximum Gasteiger partial charge on any atom is 0.248 e. The van der Waals surface area contributed by atoms with Gasteiger partial charge in [0.2, 0.25) is 11.8 Å². The lowest BCUT2D eigenvalue weighted by Gasteiger charge is -2.40. The van der Waals surface area contributed by atoms with Gasteiger partial charge in [-0.2, -0.15) is 0 Å². The first-order chi connectivity index (χ1) is 9.44. The van der Waals surface area contributed by atoms with Gasteiger partial charge in [-0.25, -0.2) is 0 Å². The minimum atomic E-state index is -0.698. The topological polar surface area (TPSA) is 49.4 Å². The lowest BCUT2D eigenvalue weighted by molar-refractivity contribution is -0.149. The Kier molecular flexibility index (Phi) is 4.71. The molecule has 2 rings (SSSR count). The summed E-state index contributed by atoms with van der Waals surface area (Å²) in [5.74, 6) is 1.66. The van der Waals surface area contributed by atoms with E-state index in [-0.39, 0.29) is 18.4 Å². The summed E-state index contributed by atoms with van der Waals surface area (Å²) in [5.41, 5.74) is -0.698. The fourth-order valence-electron chi connectivity index (χ4n) is 3.37. The standard InChI is InChI=1S/C16H28N2O2/c1-4-16(3)15(20)18(11-14(19)17-16)10-9-13-7-5-12(2)6-8-13/h12-13H,4-11H2,1-3H3,(H,17,19). The molecule has 0 aromatic heterocycles. The van der Waals surface area contributed by atoms with Crippen LogP contribution in [0.1, 0.15) is 59.3 Å². The third kappa shape index (κ3) is 3.33. The van der Waals surface area contributed by atoms with Gasteiger partial charge < -0.3 is 10.2 Å². The minimum Gasteiger partial charge on any atom is -0.340 e. The molecule has 4 nitrogen and oxygen atoms in total. The third-order valence-electron chi connectivity index (χ3n) is 5.16. The molecule has 114 valence electrons. The summed E-state index contributed by atoms with van der Waals surface area (Å²) >= 11 is 0. The predicted molar refractivity (Wildman–Crippen MR) is 79.2 cm³/mol. The van der Waals surface area contributed by atoms with Crippen molar-refractivity contribution in [3.05, 3.63) is 0 Å². The van der Waals surface area contributed by atoms with Crippen molar-refractivity contribution in [3.8, 4) is 0 Å². The molecular weight excluding hydrogens is 252 g/mol. The second-order valence-electron chi connectivity index (χ2n) is 6.88. The van der Waals surface area contributed by atoms with Crippen molar-refractivity contribution >= 4 is 11.8 Å². The van der Waals surface area contributed by atoms with Crippen LogP contribution in [0.2, 0.25) is 0 Å². The number of carbonyl (C=O) groups excluding carboxylic acids is 2. The number of hydrogen-bond acceptors (Lipinski definition) is 2. The number of amides is 2. The summed E-state index contributed by atoms with van der Waals surface area (Å²) in [6.07, 6.45) is 6.87. The lowest BCUT2D eigenvalue weighted by Crippen LogP contribution is -2.65. The molecule has 1 saturated heterocycles. The summed E-state index contributed by atoms with van der Waals surface area (Å²) in [4.78, 5) is 26.0. The van der Waals surface area contributed by atoms with Crippen LogP contribution in [-0.2, 0) is 9.59 Å². The van der Waals surface area contributed by atoms with Crippen LogP contribution in [0.4, 0.5) is 0 Å². The van der Waals surface area contributed by atoms with E-state index in [0.29, 0.717) is 6.42 Å². The van der Waals surface area contributed by atoms with Gasteiger partial charge in [-0.3, -0.25) is 9.59 Å². The highest BCUT2D eigenvalue weighted by atomic mass is 16.2. The summed E-state index contributed by atoms with van der Waals surface area (Å²) in [6, 6.07) is 0. The van der Waals surface area contributed by atoms with E-state index in [9.17, 15) is 9.59 Å². The predicted octanol–water partition coefficient (Wildman–Crippen LogP) is 2.33. The van der Waals surface area contributed by atoms with E-state index >= 15 is 0 Å². The van der Waals surface area contributed by atoms with Gasteiger partial charge in [0, 0.05) is 6.54 Å². The van der Waals surface area contributed by atoms with Crippen LogP contribution >= 0.6 is 0 Å². The number of nitrogens with one attached hydrogen (secondary N) is 1. The molecule has 1 heterocycles. The molecule has 1 aliphatic heterocycles. The molecule has 1 saturated carbocycles. The number of rotatable bonds is 4. The van der Waals surface area contributed by atoms with Gasteiger partial charge in [0.05, 0.1) is 6.54 Å². The van der Waals surface area contributed by atoms with E-state index in [2.05, 4.69) is 12.2 Å². The van der Waals surface area contributed by atoms with E-state index in [4.69, 9.17) is 0 Å². The number of nitrogens with zero attached hydrogens (tertiary/aromatic N) is 1. The Morgan fingerprint density at radius 2 is 1.90 bits per heavy atom. The molecule has 1 N–H and O–H groups in total. The molecule has 1 unspecified atom stereocenters. The van der Waals surface area contributed by atoms with E-state index in [1.165, 1.54) is 25.7 Å². The molecule has 1 atom stereocenters. The molecule has 20 heavy (non-hydrogen) atoms. The summed E-state index contributed by atoms with van der Waals surface area (Å²) < 4.78 is 0. The zero-order valence-corrected chi connectivity index (χ0v) is 13.1. The quantitative estimate of drug-likeness (QED) is 0.859. The molecule has 0 aromatic rings. The van der Waals surface area contributed by atoms with E-state index in [0.717, 1.165) is 24.8 Å². The Labute approximate surface area is 122 Å². The van der Waals surface area contributed by atoms with Crippen LogP contribution in [0.3, 0.4) is 0 Å². The monoisotopic (exact) mass is 280 g/mol. The van der Waals surface area contributed by atoms with Crippen molar-refractivity contribution in [2.45, 2.75) is 64.8 Å². The molecule has 2 aliphatic rings. The van der Waals surface area contributed by atoms with Gasteiger partial charge in [-0.05, 0) is 31.6 Å². The van der Waals surface area contributed by atoms with E-state index in [1.54, 1.807) is 4.90 Å². The van der Waals surface area contributed by atoms with Crippen LogP contribution in [0.25, 0.3) is 0 Å². The van der Waals surface area contributed by atoms with Crippen molar-refractivity contribution in [2.24, 2.45) is 11.8 Å². The number of hydrogen-bond donors (Lipinski definition) is 1. The molecule has 2 fully saturated rings. The molecule has 0 aromatic carbocycles. The highest BCUT2D eigenvalue weighted by Crippen LogP contribution is 2.30. The Hall–Kier alpha value is -1.06. The fourth-order valence-corrected chi connectivity index (χ4v) is 3.37. The Balaban J connectivity index is 1.88. The van der Waals surface area contributed by atoms with Gasteiger partial charge in [0.25, 0.3) is 0 Å². The average molecular weight is 280 g/mol. The summed E-state index contributed by atoms with van der Waals surface area (Å²) in [7, 11) is 0. The minimum absolute atomic E-state index is 0.0220. The summed E-state index contributed by atoms with van der Waals surface area (Å²) in [5, 5.41) is 2.84. The maximum atomic E-state index is 12.5. The van der Waals surface area contributed by atoms with Crippen LogP contribution < -0.4 is 5.32 Å². The second kappa shape index (κ2) is 6.15. The SMILES string of the molecule is CCC1(C)NC(=O)CN(CCC2CCC(C)CC2)C1=O. The Morgan fingerprint density at radius 1 is 1.25 bits per heavy atom. The molecule has 2 amide bonds. The van der Waals surface area contributed by atoms with E-state index in [1.807, 2.05) is 13.8 Å². The Morgan fingerprint density at radius 3 is 2.50 bits per heavy atom. The highest BCUT2D eigenvalue weighted by Gasteiger charge is 2.41. The van der Waals surface area contributed by atoms with Crippen molar-refractivity contribution in [1.82, 2.24) is 10.2 Å². The first-order valence-corrected chi connectivity index (χ1v) is 8.05. The Bertz CT molecular complexity index is 375. The van der Waals surface area contributed by atoms with Gasteiger partial charge in [0.1, 0.15) is 5.54 Å². The van der Waals surface area contributed by atoms with Crippen LogP contribution in [0, 0.1) is 11.8 Å².